The zero-order chi connectivity index (χ0) is 16.8. The molecule has 120 valence electrons. The van der Waals surface area contributed by atoms with Crippen LogP contribution in [0, 0.1) is 16.0 Å². The van der Waals surface area contributed by atoms with Crippen molar-refractivity contribution >= 4 is 17.3 Å². The SMILES string of the molecule is CC(C)COc1cccc(NC(=O)c2ccc([N+](=O)[O-])cc2)c1. The molecule has 0 aliphatic rings. The second kappa shape index (κ2) is 7.40. The Kier molecular flexibility index (Phi) is 5.30. The van der Waals surface area contributed by atoms with Crippen LogP contribution in [0.4, 0.5) is 11.4 Å². The van der Waals surface area contributed by atoms with Crippen LogP contribution >= 0.6 is 0 Å². The summed E-state index contributed by atoms with van der Waals surface area (Å²) in [6.07, 6.45) is 0. The Morgan fingerprint density at radius 1 is 1.22 bits per heavy atom. The van der Waals surface area contributed by atoms with Crippen molar-refractivity contribution in [2.24, 2.45) is 5.92 Å². The fourth-order valence-corrected chi connectivity index (χ4v) is 1.86. The first-order valence-corrected chi connectivity index (χ1v) is 7.24. The lowest BCUT2D eigenvalue weighted by molar-refractivity contribution is -0.384. The summed E-state index contributed by atoms with van der Waals surface area (Å²) in [5.41, 5.74) is 0.907. The summed E-state index contributed by atoms with van der Waals surface area (Å²) in [5, 5.41) is 13.4. The molecule has 2 rings (SSSR count). The molecule has 0 radical (unpaired) electrons. The molecule has 1 N–H and O–H groups in total. The summed E-state index contributed by atoms with van der Waals surface area (Å²) in [6.45, 7) is 4.71. The van der Waals surface area contributed by atoms with E-state index in [2.05, 4.69) is 19.2 Å². The minimum Gasteiger partial charge on any atom is -0.493 e. The molecule has 2 aromatic rings. The highest BCUT2D eigenvalue weighted by Gasteiger charge is 2.10. The van der Waals surface area contributed by atoms with E-state index in [0.717, 1.165) is 0 Å². The molecule has 0 atom stereocenters. The Labute approximate surface area is 134 Å². The number of carbonyl (C=O) groups excluding carboxylic acids is 1. The second-order valence-corrected chi connectivity index (χ2v) is 5.49. The van der Waals surface area contributed by atoms with Crippen LogP contribution in [0.25, 0.3) is 0 Å². The summed E-state index contributed by atoms with van der Waals surface area (Å²) < 4.78 is 5.61. The third-order valence-electron chi connectivity index (χ3n) is 3.02. The van der Waals surface area contributed by atoms with Crippen molar-refractivity contribution in [3.63, 3.8) is 0 Å². The van der Waals surface area contributed by atoms with Crippen LogP contribution < -0.4 is 10.1 Å². The van der Waals surface area contributed by atoms with Gasteiger partial charge in [0.2, 0.25) is 0 Å². The monoisotopic (exact) mass is 314 g/mol. The molecule has 0 saturated heterocycles. The predicted octanol–water partition coefficient (Wildman–Crippen LogP) is 3.88. The van der Waals surface area contributed by atoms with Gasteiger partial charge < -0.3 is 10.1 Å². The first kappa shape index (κ1) is 16.5. The van der Waals surface area contributed by atoms with Crippen LogP contribution in [-0.2, 0) is 0 Å². The molecule has 0 aromatic heterocycles. The third kappa shape index (κ3) is 4.81. The maximum Gasteiger partial charge on any atom is 0.269 e. The van der Waals surface area contributed by atoms with Gasteiger partial charge in [-0.1, -0.05) is 19.9 Å². The number of hydrogen-bond donors (Lipinski definition) is 1. The average Bonchev–Trinajstić information content (AvgIpc) is 2.53. The zero-order valence-electron chi connectivity index (χ0n) is 13.0. The number of anilines is 1. The average molecular weight is 314 g/mol. The molecule has 0 unspecified atom stereocenters. The van der Waals surface area contributed by atoms with Gasteiger partial charge in [-0.25, -0.2) is 0 Å². The van der Waals surface area contributed by atoms with E-state index < -0.39 is 4.92 Å². The van der Waals surface area contributed by atoms with Crippen LogP contribution in [0.5, 0.6) is 5.75 Å². The third-order valence-corrected chi connectivity index (χ3v) is 3.02. The van der Waals surface area contributed by atoms with Crippen LogP contribution in [0.3, 0.4) is 0 Å². The lowest BCUT2D eigenvalue weighted by atomic mass is 10.2. The van der Waals surface area contributed by atoms with Crippen LogP contribution in [0.15, 0.2) is 48.5 Å². The van der Waals surface area contributed by atoms with E-state index in [-0.39, 0.29) is 11.6 Å². The summed E-state index contributed by atoms with van der Waals surface area (Å²) >= 11 is 0. The smallest absolute Gasteiger partial charge is 0.269 e. The quantitative estimate of drug-likeness (QED) is 0.648. The Bertz CT molecular complexity index is 696. The molecule has 1 amide bonds. The maximum absolute atomic E-state index is 12.2. The van der Waals surface area contributed by atoms with E-state index in [4.69, 9.17) is 4.74 Å². The number of non-ortho nitro benzene ring substituents is 1. The van der Waals surface area contributed by atoms with Gasteiger partial charge in [0.1, 0.15) is 5.75 Å². The molecule has 0 fully saturated rings. The highest BCUT2D eigenvalue weighted by atomic mass is 16.6. The van der Waals surface area contributed by atoms with Gasteiger partial charge in [-0.05, 0) is 30.2 Å². The van der Waals surface area contributed by atoms with E-state index >= 15 is 0 Å². The number of nitro benzene ring substituents is 1. The molecule has 6 heteroatoms. The predicted molar refractivity (Wildman–Crippen MR) is 87.8 cm³/mol. The van der Waals surface area contributed by atoms with Gasteiger partial charge in [0.25, 0.3) is 11.6 Å². The Morgan fingerprint density at radius 3 is 2.52 bits per heavy atom. The summed E-state index contributed by atoms with van der Waals surface area (Å²) in [7, 11) is 0. The van der Waals surface area contributed by atoms with Gasteiger partial charge in [-0.3, -0.25) is 14.9 Å². The van der Waals surface area contributed by atoms with Crippen molar-refractivity contribution in [2.45, 2.75) is 13.8 Å². The summed E-state index contributed by atoms with van der Waals surface area (Å²) in [5.74, 6) is 0.759. The largest absolute Gasteiger partial charge is 0.493 e. The molecular weight excluding hydrogens is 296 g/mol. The molecule has 6 nitrogen and oxygen atoms in total. The number of amides is 1. The van der Waals surface area contributed by atoms with Crippen molar-refractivity contribution in [1.82, 2.24) is 0 Å². The van der Waals surface area contributed by atoms with Crippen LogP contribution in [0.2, 0.25) is 0 Å². The first-order chi connectivity index (χ1) is 11.0. The van der Waals surface area contributed by atoms with Crippen molar-refractivity contribution in [1.29, 1.82) is 0 Å². The Balaban J connectivity index is 2.04. The normalized spacial score (nSPS) is 10.4. The number of nitrogens with one attached hydrogen (secondary N) is 1. The Morgan fingerprint density at radius 2 is 1.91 bits per heavy atom. The first-order valence-electron chi connectivity index (χ1n) is 7.24. The minimum absolute atomic E-state index is 0.0503. The molecule has 23 heavy (non-hydrogen) atoms. The number of hydrogen-bond acceptors (Lipinski definition) is 4. The molecule has 0 aliphatic carbocycles. The van der Waals surface area contributed by atoms with Gasteiger partial charge in [0.15, 0.2) is 0 Å². The topological polar surface area (TPSA) is 81.5 Å². The van der Waals surface area contributed by atoms with Gasteiger partial charge in [-0.15, -0.1) is 0 Å². The molecular formula is C17H18N2O4. The Hall–Kier alpha value is -2.89. The number of rotatable bonds is 6. The summed E-state index contributed by atoms with van der Waals surface area (Å²) in [6, 6.07) is 12.6. The van der Waals surface area contributed by atoms with Crippen LogP contribution in [0.1, 0.15) is 24.2 Å². The zero-order valence-corrected chi connectivity index (χ0v) is 13.0. The fourth-order valence-electron chi connectivity index (χ4n) is 1.86. The number of carbonyl (C=O) groups is 1. The lowest BCUT2D eigenvalue weighted by Gasteiger charge is -2.10. The van der Waals surface area contributed by atoms with E-state index in [1.165, 1.54) is 24.3 Å². The van der Waals surface area contributed by atoms with Crippen LogP contribution in [-0.4, -0.2) is 17.4 Å². The van der Waals surface area contributed by atoms with Gasteiger partial charge in [0.05, 0.1) is 11.5 Å². The molecule has 0 spiro atoms. The number of nitro groups is 1. The van der Waals surface area contributed by atoms with Crippen molar-refractivity contribution in [3.05, 3.63) is 64.2 Å². The van der Waals surface area contributed by atoms with Crippen molar-refractivity contribution in [3.8, 4) is 5.75 Å². The molecule has 0 heterocycles. The van der Waals surface area contributed by atoms with E-state index in [0.29, 0.717) is 29.5 Å². The fraction of sp³-hybridized carbons (Fsp3) is 0.235. The molecule has 0 bridgehead atoms. The highest BCUT2D eigenvalue weighted by Crippen LogP contribution is 2.19. The van der Waals surface area contributed by atoms with Crippen molar-refractivity contribution < 1.29 is 14.5 Å². The van der Waals surface area contributed by atoms with Crippen molar-refractivity contribution in [2.75, 3.05) is 11.9 Å². The molecule has 0 saturated carbocycles. The van der Waals surface area contributed by atoms with Gasteiger partial charge in [-0.2, -0.15) is 0 Å². The minimum atomic E-state index is -0.503. The second-order valence-electron chi connectivity index (χ2n) is 5.49. The standard InChI is InChI=1S/C17H18N2O4/c1-12(2)11-23-16-5-3-4-14(10-16)18-17(20)13-6-8-15(9-7-13)19(21)22/h3-10,12H,11H2,1-2H3,(H,18,20). The van der Waals surface area contributed by atoms with E-state index in [1.54, 1.807) is 18.2 Å². The lowest BCUT2D eigenvalue weighted by Crippen LogP contribution is -2.12. The van der Waals surface area contributed by atoms with E-state index in [1.807, 2.05) is 6.07 Å². The summed E-state index contributed by atoms with van der Waals surface area (Å²) in [4.78, 5) is 22.3. The molecule has 2 aromatic carbocycles. The number of nitrogens with zero attached hydrogens (tertiary/aromatic N) is 1. The maximum atomic E-state index is 12.2. The van der Waals surface area contributed by atoms with Gasteiger partial charge in [0, 0.05) is 29.4 Å². The number of benzene rings is 2. The highest BCUT2D eigenvalue weighted by molar-refractivity contribution is 6.04. The molecule has 0 aliphatic heterocycles. The van der Waals surface area contributed by atoms with Gasteiger partial charge >= 0.3 is 0 Å². The number of ether oxygens (including phenoxy) is 1. The van der Waals surface area contributed by atoms with E-state index in [9.17, 15) is 14.9 Å².